The summed E-state index contributed by atoms with van der Waals surface area (Å²) in [5.74, 6) is -0.0360. The zero-order valence-corrected chi connectivity index (χ0v) is 19.0. The van der Waals surface area contributed by atoms with E-state index in [1.165, 1.54) is 0 Å². The zero-order chi connectivity index (χ0) is 21.8. The van der Waals surface area contributed by atoms with E-state index in [-0.39, 0.29) is 23.3 Å². The second-order valence-electron chi connectivity index (χ2n) is 8.94. The van der Waals surface area contributed by atoms with Crippen LogP contribution in [0.25, 0.3) is 0 Å². The van der Waals surface area contributed by atoms with E-state index in [2.05, 4.69) is 21.2 Å². The minimum absolute atomic E-state index is 0.239. The van der Waals surface area contributed by atoms with Gasteiger partial charge in [-0.3, -0.25) is 4.79 Å². The SMILES string of the molecule is C[C@@H](CC1CCC(O)(C(=O)c2ccc(C#N)cc2Br)CC1)OC(=O)NC(C)(C)C. The van der Waals surface area contributed by atoms with Gasteiger partial charge in [-0.15, -0.1) is 0 Å². The lowest BCUT2D eigenvalue weighted by atomic mass is 9.74. The summed E-state index contributed by atoms with van der Waals surface area (Å²) in [7, 11) is 0. The van der Waals surface area contributed by atoms with Crippen molar-refractivity contribution in [3.8, 4) is 6.07 Å². The van der Waals surface area contributed by atoms with E-state index in [0.717, 1.165) is 0 Å². The molecule has 6 nitrogen and oxygen atoms in total. The maximum absolute atomic E-state index is 12.9. The Balaban J connectivity index is 1.91. The molecule has 2 N–H and O–H groups in total. The second-order valence-corrected chi connectivity index (χ2v) is 9.79. The van der Waals surface area contributed by atoms with Crippen LogP contribution < -0.4 is 5.32 Å². The Hall–Kier alpha value is -1.91. The first-order valence-corrected chi connectivity index (χ1v) is 10.7. The fourth-order valence-corrected chi connectivity index (χ4v) is 4.23. The van der Waals surface area contributed by atoms with Gasteiger partial charge in [-0.05, 0) is 99.8 Å². The number of halogens is 1. The highest BCUT2D eigenvalue weighted by Gasteiger charge is 2.41. The van der Waals surface area contributed by atoms with Gasteiger partial charge < -0.3 is 15.2 Å². The van der Waals surface area contributed by atoms with Crippen molar-refractivity contribution in [1.82, 2.24) is 5.32 Å². The van der Waals surface area contributed by atoms with E-state index >= 15 is 0 Å². The molecule has 1 aliphatic rings. The number of benzene rings is 1. The lowest BCUT2D eigenvalue weighted by Gasteiger charge is -2.36. The highest BCUT2D eigenvalue weighted by atomic mass is 79.9. The third-order valence-corrected chi connectivity index (χ3v) is 5.80. The molecule has 0 bridgehead atoms. The molecule has 0 spiro atoms. The van der Waals surface area contributed by atoms with Crippen molar-refractivity contribution >= 4 is 27.8 Å². The first kappa shape index (κ1) is 23.4. The van der Waals surface area contributed by atoms with Gasteiger partial charge in [0.25, 0.3) is 0 Å². The normalized spacial score (nSPS) is 23.0. The molecule has 0 unspecified atom stereocenters. The molecule has 1 amide bonds. The summed E-state index contributed by atoms with van der Waals surface area (Å²) in [6.07, 6.45) is 2.13. The van der Waals surface area contributed by atoms with Crippen LogP contribution in [-0.2, 0) is 4.74 Å². The number of ketones is 1. The minimum atomic E-state index is -1.40. The maximum atomic E-state index is 12.9. The van der Waals surface area contributed by atoms with Crippen LogP contribution >= 0.6 is 15.9 Å². The van der Waals surface area contributed by atoms with Crippen LogP contribution in [0.4, 0.5) is 4.79 Å². The van der Waals surface area contributed by atoms with Crippen LogP contribution in [-0.4, -0.2) is 34.2 Å². The number of nitriles is 1. The molecule has 0 radical (unpaired) electrons. The number of carbonyl (C=O) groups excluding carboxylic acids is 2. The van der Waals surface area contributed by atoms with Gasteiger partial charge in [0.05, 0.1) is 11.6 Å². The van der Waals surface area contributed by atoms with Gasteiger partial charge >= 0.3 is 6.09 Å². The van der Waals surface area contributed by atoms with Crippen molar-refractivity contribution < 1.29 is 19.4 Å². The number of amides is 1. The molecule has 1 aromatic carbocycles. The average molecular weight is 465 g/mol. The minimum Gasteiger partial charge on any atom is -0.447 e. The van der Waals surface area contributed by atoms with Crippen molar-refractivity contribution in [2.24, 2.45) is 5.92 Å². The highest BCUT2D eigenvalue weighted by Crippen LogP contribution is 2.38. The van der Waals surface area contributed by atoms with Crippen molar-refractivity contribution in [3.63, 3.8) is 0 Å². The molecule has 1 aliphatic carbocycles. The first-order valence-electron chi connectivity index (χ1n) is 9.89. The molecule has 7 heteroatoms. The molecule has 158 valence electrons. The molecule has 0 aromatic heterocycles. The van der Waals surface area contributed by atoms with Crippen LogP contribution in [0.5, 0.6) is 0 Å². The summed E-state index contributed by atoms with van der Waals surface area (Å²) in [4.78, 5) is 24.8. The Morgan fingerprint density at radius 1 is 1.38 bits per heavy atom. The summed E-state index contributed by atoms with van der Waals surface area (Å²) in [5, 5.41) is 22.7. The summed E-state index contributed by atoms with van der Waals surface area (Å²) >= 11 is 3.33. The van der Waals surface area contributed by atoms with Gasteiger partial charge in [0.1, 0.15) is 11.7 Å². The largest absolute Gasteiger partial charge is 0.447 e. The van der Waals surface area contributed by atoms with E-state index in [1.54, 1.807) is 18.2 Å². The number of hydrogen-bond donors (Lipinski definition) is 2. The number of aliphatic hydroxyl groups is 1. The number of carbonyl (C=O) groups is 2. The predicted molar refractivity (Wildman–Crippen MR) is 114 cm³/mol. The van der Waals surface area contributed by atoms with E-state index in [4.69, 9.17) is 10.00 Å². The molecule has 1 atom stereocenters. The standard InChI is InChI=1S/C22H29BrN2O4/c1-14(29-20(27)25-21(2,3)4)11-15-7-9-22(28,10-8-15)19(26)17-6-5-16(13-24)12-18(17)23/h5-6,12,14-15,28H,7-11H2,1-4H3,(H,25,27)/t14-,15?,22?/m0/s1. The molecule has 0 heterocycles. The summed E-state index contributed by atoms with van der Waals surface area (Å²) in [5.41, 5.74) is -0.909. The topological polar surface area (TPSA) is 99.4 Å². The van der Waals surface area contributed by atoms with Crippen LogP contribution in [0.3, 0.4) is 0 Å². The van der Waals surface area contributed by atoms with Crippen LogP contribution in [0.1, 0.15) is 75.7 Å². The average Bonchev–Trinajstić information content (AvgIpc) is 2.61. The summed E-state index contributed by atoms with van der Waals surface area (Å²) in [6, 6.07) is 6.78. The van der Waals surface area contributed by atoms with Crippen LogP contribution in [0, 0.1) is 17.2 Å². The molecule has 0 aliphatic heterocycles. The number of ether oxygens (including phenoxy) is 1. The van der Waals surface area contributed by atoms with E-state index in [0.29, 0.717) is 47.7 Å². The van der Waals surface area contributed by atoms with Gasteiger partial charge in [-0.25, -0.2) is 4.79 Å². The fourth-order valence-electron chi connectivity index (χ4n) is 3.67. The third-order valence-electron chi connectivity index (χ3n) is 5.15. The number of rotatable bonds is 5. The Morgan fingerprint density at radius 2 is 2.00 bits per heavy atom. The van der Waals surface area contributed by atoms with Gasteiger partial charge in [0.2, 0.25) is 0 Å². The van der Waals surface area contributed by atoms with Crippen LogP contribution in [0.15, 0.2) is 22.7 Å². The predicted octanol–water partition coefficient (Wildman–Crippen LogP) is 4.73. The summed E-state index contributed by atoms with van der Waals surface area (Å²) in [6.45, 7) is 7.54. The van der Waals surface area contributed by atoms with Crippen molar-refractivity contribution in [3.05, 3.63) is 33.8 Å². The molecule has 29 heavy (non-hydrogen) atoms. The number of nitrogens with zero attached hydrogens (tertiary/aromatic N) is 1. The van der Waals surface area contributed by atoms with Crippen molar-refractivity contribution in [1.29, 1.82) is 5.26 Å². The van der Waals surface area contributed by atoms with Crippen LogP contribution in [0.2, 0.25) is 0 Å². The van der Waals surface area contributed by atoms with Gasteiger partial charge in [-0.1, -0.05) is 0 Å². The molecule has 1 aromatic rings. The number of Topliss-reactive ketones (excluding diaryl/α,β-unsaturated/α-hetero) is 1. The Labute approximate surface area is 180 Å². The van der Waals surface area contributed by atoms with E-state index in [9.17, 15) is 14.7 Å². The fraction of sp³-hybridized carbons (Fsp3) is 0.591. The molecular weight excluding hydrogens is 436 g/mol. The summed E-state index contributed by atoms with van der Waals surface area (Å²) < 4.78 is 5.94. The first-order chi connectivity index (χ1) is 13.4. The second kappa shape index (κ2) is 9.27. The monoisotopic (exact) mass is 464 g/mol. The van der Waals surface area contributed by atoms with Gasteiger partial charge in [-0.2, -0.15) is 5.26 Å². The molecule has 2 rings (SSSR count). The number of nitrogens with one attached hydrogen (secondary N) is 1. The molecule has 0 saturated heterocycles. The maximum Gasteiger partial charge on any atom is 0.407 e. The van der Waals surface area contributed by atoms with Gasteiger partial charge in [0, 0.05) is 15.6 Å². The van der Waals surface area contributed by atoms with Gasteiger partial charge in [0.15, 0.2) is 5.78 Å². The third kappa shape index (κ3) is 6.55. The molecule has 1 fully saturated rings. The molecular formula is C22H29BrN2O4. The quantitative estimate of drug-likeness (QED) is 0.613. The number of hydrogen-bond acceptors (Lipinski definition) is 5. The Kier molecular flexibility index (Phi) is 7.47. The molecule has 1 saturated carbocycles. The lowest BCUT2D eigenvalue weighted by Crippen LogP contribution is -2.43. The smallest absolute Gasteiger partial charge is 0.407 e. The zero-order valence-electron chi connectivity index (χ0n) is 17.4. The van der Waals surface area contributed by atoms with E-state index in [1.807, 2.05) is 33.8 Å². The van der Waals surface area contributed by atoms with E-state index < -0.39 is 11.7 Å². The van der Waals surface area contributed by atoms with Crippen molar-refractivity contribution in [2.75, 3.05) is 0 Å². The Morgan fingerprint density at radius 3 is 2.52 bits per heavy atom. The highest BCUT2D eigenvalue weighted by molar-refractivity contribution is 9.10. The number of alkyl carbamates (subject to hydrolysis) is 1. The lowest BCUT2D eigenvalue weighted by molar-refractivity contribution is -0.00304. The Bertz CT molecular complexity index is 802. The van der Waals surface area contributed by atoms with Crippen molar-refractivity contribution in [2.45, 2.75) is 77.0 Å².